The lowest BCUT2D eigenvalue weighted by molar-refractivity contribution is -0.133. The van der Waals surface area contributed by atoms with Crippen LogP contribution in [0.4, 0.5) is 0 Å². The number of methoxy groups -OCH3 is 1. The molecule has 1 heterocycles. The Kier molecular flexibility index (Phi) is 5.16. The highest BCUT2D eigenvalue weighted by Crippen LogP contribution is 2.49. The van der Waals surface area contributed by atoms with E-state index >= 15 is 0 Å². The van der Waals surface area contributed by atoms with Crippen molar-refractivity contribution in [1.82, 2.24) is 9.21 Å². The summed E-state index contributed by atoms with van der Waals surface area (Å²) in [6.45, 7) is 1.68. The summed E-state index contributed by atoms with van der Waals surface area (Å²) in [5.41, 5.74) is 0. The molecule has 148 valence electrons. The predicted molar refractivity (Wildman–Crippen MR) is 102 cm³/mol. The van der Waals surface area contributed by atoms with Crippen molar-refractivity contribution in [2.24, 2.45) is 17.8 Å². The highest BCUT2D eigenvalue weighted by Gasteiger charge is 2.41. The first-order valence-corrected chi connectivity index (χ1v) is 11.3. The maximum atomic E-state index is 12.8. The molecule has 6 nitrogen and oxygen atoms in total. The van der Waals surface area contributed by atoms with Crippen molar-refractivity contribution in [3.63, 3.8) is 0 Å². The Morgan fingerprint density at radius 3 is 2.33 bits per heavy atom. The summed E-state index contributed by atoms with van der Waals surface area (Å²) in [6.07, 6.45) is 5.80. The smallest absolute Gasteiger partial charge is 0.243 e. The summed E-state index contributed by atoms with van der Waals surface area (Å²) in [5.74, 6) is 2.98. The number of rotatable bonds is 5. The molecule has 4 rings (SSSR count). The number of benzene rings is 1. The largest absolute Gasteiger partial charge is 0.497 e. The van der Waals surface area contributed by atoms with Gasteiger partial charge in [0.05, 0.1) is 12.0 Å². The van der Waals surface area contributed by atoms with Crippen LogP contribution >= 0.6 is 0 Å². The van der Waals surface area contributed by atoms with Gasteiger partial charge in [0, 0.05) is 32.6 Å². The predicted octanol–water partition coefficient (Wildman–Crippen LogP) is 2.35. The minimum absolute atomic E-state index is 0.203. The molecular weight excluding hydrogens is 364 g/mol. The Morgan fingerprint density at radius 2 is 1.78 bits per heavy atom. The van der Waals surface area contributed by atoms with Gasteiger partial charge in [-0.1, -0.05) is 6.42 Å². The minimum atomic E-state index is -3.53. The van der Waals surface area contributed by atoms with Crippen molar-refractivity contribution in [3.8, 4) is 5.75 Å². The van der Waals surface area contributed by atoms with Crippen molar-refractivity contribution in [1.29, 1.82) is 0 Å². The standard InChI is InChI=1S/C20H28N2O4S/c1-26-18-4-6-19(7-5-18)27(24,25)22-10-8-21(9-11-22)20(23)14-17-13-15-2-3-16(17)12-15/h4-7,15-17H,2-3,8-14H2,1H3/t15-,16+,17+/m0/s1. The Bertz CT molecular complexity index is 785. The molecule has 2 bridgehead atoms. The van der Waals surface area contributed by atoms with Crippen LogP contribution in [0.25, 0.3) is 0 Å². The molecule has 3 atom stereocenters. The average molecular weight is 393 g/mol. The second kappa shape index (κ2) is 7.43. The Morgan fingerprint density at radius 1 is 1.07 bits per heavy atom. The quantitative estimate of drug-likeness (QED) is 0.772. The molecule has 0 N–H and O–H groups in total. The molecule has 0 aromatic heterocycles. The van der Waals surface area contributed by atoms with E-state index in [4.69, 9.17) is 4.74 Å². The zero-order valence-electron chi connectivity index (χ0n) is 15.8. The van der Waals surface area contributed by atoms with Crippen LogP contribution in [0, 0.1) is 17.8 Å². The van der Waals surface area contributed by atoms with Gasteiger partial charge in [-0.3, -0.25) is 4.79 Å². The highest BCUT2D eigenvalue weighted by atomic mass is 32.2. The molecule has 0 radical (unpaired) electrons. The molecule has 2 aliphatic carbocycles. The Balaban J connectivity index is 1.33. The molecule has 1 aromatic rings. The van der Waals surface area contributed by atoms with E-state index in [1.165, 1.54) is 30.0 Å². The third-order valence-corrected chi connectivity index (χ3v) is 8.52. The zero-order valence-corrected chi connectivity index (χ0v) is 16.7. The van der Waals surface area contributed by atoms with Crippen LogP contribution in [0.5, 0.6) is 5.75 Å². The minimum Gasteiger partial charge on any atom is -0.497 e. The maximum absolute atomic E-state index is 12.8. The topological polar surface area (TPSA) is 66.9 Å². The third-order valence-electron chi connectivity index (χ3n) is 6.61. The summed E-state index contributed by atoms with van der Waals surface area (Å²) in [7, 11) is -1.97. The van der Waals surface area contributed by atoms with Gasteiger partial charge in [0.15, 0.2) is 0 Å². The van der Waals surface area contributed by atoms with Crippen LogP contribution in [0.3, 0.4) is 0 Å². The summed E-state index contributed by atoms with van der Waals surface area (Å²) in [6, 6.07) is 6.45. The second-order valence-corrected chi connectivity index (χ2v) is 10.0. The van der Waals surface area contributed by atoms with E-state index in [-0.39, 0.29) is 10.8 Å². The molecule has 1 saturated heterocycles. The number of piperazine rings is 1. The van der Waals surface area contributed by atoms with Crippen LogP contribution in [0.1, 0.15) is 32.1 Å². The number of hydrogen-bond donors (Lipinski definition) is 0. The molecule has 3 aliphatic rings. The normalized spacial score (nSPS) is 28.5. The van der Waals surface area contributed by atoms with Gasteiger partial charge in [0.1, 0.15) is 5.75 Å². The third kappa shape index (κ3) is 3.72. The zero-order chi connectivity index (χ0) is 19.0. The van der Waals surface area contributed by atoms with Crippen LogP contribution < -0.4 is 4.74 Å². The van der Waals surface area contributed by atoms with Crippen molar-refractivity contribution in [2.75, 3.05) is 33.3 Å². The second-order valence-electron chi connectivity index (χ2n) is 8.10. The number of sulfonamides is 1. The molecular formula is C20H28N2O4S. The molecule has 1 amide bonds. The number of ether oxygens (including phenoxy) is 1. The summed E-state index contributed by atoms with van der Waals surface area (Å²) in [5, 5.41) is 0. The first-order valence-electron chi connectivity index (χ1n) is 9.89. The van der Waals surface area contributed by atoms with E-state index in [1.54, 1.807) is 31.4 Å². The number of carbonyl (C=O) groups excluding carboxylic acids is 1. The van der Waals surface area contributed by atoms with E-state index in [2.05, 4.69) is 0 Å². The lowest BCUT2D eigenvalue weighted by Gasteiger charge is -2.35. The molecule has 0 unspecified atom stereocenters. The Hall–Kier alpha value is -1.60. The van der Waals surface area contributed by atoms with E-state index in [1.807, 2.05) is 4.90 Å². The monoisotopic (exact) mass is 392 g/mol. The summed E-state index contributed by atoms with van der Waals surface area (Å²) >= 11 is 0. The van der Waals surface area contributed by atoms with E-state index in [9.17, 15) is 13.2 Å². The van der Waals surface area contributed by atoms with Gasteiger partial charge in [-0.2, -0.15) is 4.31 Å². The van der Waals surface area contributed by atoms with Crippen LogP contribution in [-0.4, -0.2) is 56.8 Å². The highest BCUT2D eigenvalue weighted by molar-refractivity contribution is 7.89. The number of carbonyl (C=O) groups is 1. The van der Waals surface area contributed by atoms with Gasteiger partial charge >= 0.3 is 0 Å². The fraction of sp³-hybridized carbons (Fsp3) is 0.650. The van der Waals surface area contributed by atoms with Crippen LogP contribution in [-0.2, 0) is 14.8 Å². The molecule has 3 fully saturated rings. The molecule has 1 aromatic carbocycles. The average Bonchev–Trinajstić information content (AvgIpc) is 3.31. The van der Waals surface area contributed by atoms with Crippen molar-refractivity contribution >= 4 is 15.9 Å². The number of fused-ring (bicyclic) bond motifs is 2. The van der Waals surface area contributed by atoms with Crippen LogP contribution in [0.2, 0.25) is 0 Å². The first kappa shape index (κ1) is 18.7. The Labute approximate surface area is 161 Å². The van der Waals surface area contributed by atoms with E-state index in [0.717, 1.165) is 11.8 Å². The number of nitrogens with zero attached hydrogens (tertiary/aromatic N) is 2. The van der Waals surface area contributed by atoms with Gasteiger partial charge in [0.2, 0.25) is 15.9 Å². The molecule has 1 aliphatic heterocycles. The fourth-order valence-electron chi connectivity index (χ4n) is 5.05. The van der Waals surface area contributed by atoms with E-state index in [0.29, 0.717) is 44.3 Å². The SMILES string of the molecule is COc1ccc(S(=O)(=O)N2CCN(C(=O)C[C@H]3C[C@H]4CC[C@@H]3C4)CC2)cc1. The van der Waals surface area contributed by atoms with Gasteiger partial charge in [-0.25, -0.2) is 8.42 Å². The first-order chi connectivity index (χ1) is 13.0. The lowest BCUT2D eigenvalue weighted by atomic mass is 9.86. The number of hydrogen-bond acceptors (Lipinski definition) is 4. The van der Waals surface area contributed by atoms with Crippen LogP contribution in [0.15, 0.2) is 29.2 Å². The van der Waals surface area contributed by atoms with Gasteiger partial charge in [-0.05, 0) is 61.3 Å². The maximum Gasteiger partial charge on any atom is 0.243 e. The summed E-state index contributed by atoms with van der Waals surface area (Å²) in [4.78, 5) is 14.8. The molecule has 27 heavy (non-hydrogen) atoms. The summed E-state index contributed by atoms with van der Waals surface area (Å²) < 4.78 is 32.2. The van der Waals surface area contributed by atoms with Gasteiger partial charge in [-0.15, -0.1) is 0 Å². The lowest BCUT2D eigenvalue weighted by Crippen LogP contribution is -2.50. The van der Waals surface area contributed by atoms with Crippen molar-refractivity contribution < 1.29 is 17.9 Å². The fourth-order valence-corrected chi connectivity index (χ4v) is 6.48. The molecule has 7 heteroatoms. The number of amides is 1. The van der Waals surface area contributed by atoms with Crippen molar-refractivity contribution in [3.05, 3.63) is 24.3 Å². The van der Waals surface area contributed by atoms with E-state index < -0.39 is 10.0 Å². The van der Waals surface area contributed by atoms with Crippen molar-refractivity contribution in [2.45, 2.75) is 37.0 Å². The van der Waals surface area contributed by atoms with Gasteiger partial charge < -0.3 is 9.64 Å². The molecule has 0 spiro atoms. The molecule has 2 saturated carbocycles. The van der Waals surface area contributed by atoms with Gasteiger partial charge in [0.25, 0.3) is 0 Å².